The molecule has 31 heavy (non-hydrogen) atoms. The number of carbonyl (C=O) groups excluding carboxylic acids is 1. The number of rotatable bonds is 6. The van der Waals surface area contributed by atoms with Crippen molar-refractivity contribution < 1.29 is 23.8 Å². The van der Waals surface area contributed by atoms with Crippen LogP contribution >= 0.6 is 11.3 Å². The van der Waals surface area contributed by atoms with E-state index >= 15 is 0 Å². The molecule has 0 saturated carbocycles. The molecule has 0 bridgehead atoms. The Hall–Kier alpha value is -3.29. The van der Waals surface area contributed by atoms with Crippen LogP contribution in [-0.2, 0) is 4.74 Å². The number of carbonyl (C=O) groups is 1. The van der Waals surface area contributed by atoms with E-state index in [1.165, 1.54) is 20.3 Å². The first-order valence-electron chi connectivity index (χ1n) is 9.25. The van der Waals surface area contributed by atoms with Crippen molar-refractivity contribution in [1.82, 2.24) is 20.0 Å². The minimum atomic E-state index is -0.814. The summed E-state index contributed by atoms with van der Waals surface area (Å²) in [7, 11) is 2.82. The Morgan fingerprint density at radius 3 is 2.81 bits per heavy atom. The molecule has 13 heteroatoms. The van der Waals surface area contributed by atoms with Crippen LogP contribution < -0.4 is 20.6 Å². The molecule has 0 spiro atoms. The second-order valence-corrected chi connectivity index (χ2v) is 7.75. The maximum absolute atomic E-state index is 12.7. The van der Waals surface area contributed by atoms with Crippen LogP contribution in [0.15, 0.2) is 27.5 Å². The highest BCUT2D eigenvalue weighted by molar-refractivity contribution is 7.17. The number of hydrogen-bond acceptors (Lipinski definition) is 11. The minimum absolute atomic E-state index is 0.0622. The minimum Gasteiger partial charge on any atom is -0.488 e. The molecule has 1 amide bonds. The number of anilines is 2. The number of nitrogens with one attached hydrogen (secondary N) is 1. The fourth-order valence-electron chi connectivity index (χ4n) is 3.27. The summed E-state index contributed by atoms with van der Waals surface area (Å²) in [5.74, 6) is -0.972. The van der Waals surface area contributed by atoms with Crippen molar-refractivity contribution in [2.45, 2.75) is 19.1 Å². The third kappa shape index (κ3) is 4.02. The molecule has 0 unspecified atom stereocenters. The smallest absolute Gasteiger partial charge is 0.381 e. The number of aliphatic hydroxyl groups is 1. The summed E-state index contributed by atoms with van der Waals surface area (Å²) in [6.45, 7) is 2.40. The zero-order chi connectivity index (χ0) is 22.1. The van der Waals surface area contributed by atoms with Crippen molar-refractivity contribution in [2.75, 3.05) is 37.5 Å². The van der Waals surface area contributed by atoms with Crippen LogP contribution in [0.4, 0.5) is 10.8 Å². The highest BCUT2D eigenvalue weighted by Crippen LogP contribution is 2.30. The van der Waals surface area contributed by atoms with Crippen molar-refractivity contribution in [3.63, 3.8) is 0 Å². The normalized spacial score (nSPS) is 18.4. The van der Waals surface area contributed by atoms with Crippen LogP contribution in [0, 0.1) is 6.92 Å². The molecule has 4 heterocycles. The molecular formula is C18H20N6O6S. The number of aryl methyl sites for hydroxylation is 1. The lowest BCUT2D eigenvalue weighted by Gasteiger charge is -2.20. The van der Waals surface area contributed by atoms with Crippen molar-refractivity contribution >= 4 is 28.1 Å². The Balaban J connectivity index is 1.59. The summed E-state index contributed by atoms with van der Waals surface area (Å²) in [6, 6.07) is 3.20. The second kappa shape index (κ2) is 8.45. The van der Waals surface area contributed by atoms with E-state index in [1.54, 1.807) is 15.8 Å². The van der Waals surface area contributed by atoms with Crippen molar-refractivity contribution in [3.8, 4) is 10.9 Å². The van der Waals surface area contributed by atoms with Gasteiger partial charge in [-0.3, -0.25) is 10.1 Å². The van der Waals surface area contributed by atoms with E-state index in [-0.39, 0.29) is 23.2 Å². The largest absolute Gasteiger partial charge is 0.488 e. The fraction of sp³-hybridized carbons (Fsp3) is 0.389. The maximum atomic E-state index is 12.7. The van der Waals surface area contributed by atoms with Gasteiger partial charge in [0, 0.05) is 38.2 Å². The van der Waals surface area contributed by atoms with Gasteiger partial charge in [-0.15, -0.1) is 10.2 Å². The molecule has 3 aromatic rings. The van der Waals surface area contributed by atoms with Gasteiger partial charge < -0.3 is 23.9 Å². The molecule has 3 aromatic heterocycles. The Labute approximate surface area is 180 Å². The first-order chi connectivity index (χ1) is 14.9. The summed E-state index contributed by atoms with van der Waals surface area (Å²) in [5, 5.41) is 25.5. The third-order valence-electron chi connectivity index (χ3n) is 4.84. The molecule has 1 fully saturated rings. The Morgan fingerprint density at radius 1 is 1.35 bits per heavy atom. The average molecular weight is 448 g/mol. The van der Waals surface area contributed by atoms with E-state index in [1.807, 2.05) is 13.0 Å². The molecule has 1 aliphatic rings. The van der Waals surface area contributed by atoms with Crippen molar-refractivity contribution in [2.24, 2.45) is 0 Å². The molecule has 1 aliphatic heterocycles. The molecule has 0 aliphatic carbocycles. The number of amides is 1. The summed E-state index contributed by atoms with van der Waals surface area (Å²) in [4.78, 5) is 26.8. The predicted octanol–water partition coefficient (Wildman–Crippen LogP) is 0.442. The Morgan fingerprint density at radius 2 is 2.16 bits per heavy atom. The summed E-state index contributed by atoms with van der Waals surface area (Å²) >= 11 is 1.11. The number of hydrogen-bond donors (Lipinski definition) is 2. The highest BCUT2D eigenvalue weighted by Gasteiger charge is 2.34. The highest BCUT2D eigenvalue weighted by atomic mass is 32.1. The number of ether oxygens (including phenoxy) is 2. The Bertz CT molecular complexity index is 1160. The first kappa shape index (κ1) is 21.0. The molecule has 2 atom stereocenters. The molecule has 4 rings (SSSR count). The van der Waals surface area contributed by atoms with Crippen molar-refractivity contribution in [3.05, 3.63) is 40.2 Å². The predicted molar refractivity (Wildman–Crippen MR) is 110 cm³/mol. The molecule has 164 valence electrons. The molecule has 2 N–H and O–H groups in total. The van der Waals surface area contributed by atoms with E-state index in [0.29, 0.717) is 17.4 Å². The molecular weight excluding hydrogens is 428 g/mol. The molecule has 1 saturated heterocycles. The average Bonchev–Trinajstić information content (AvgIpc) is 3.47. The van der Waals surface area contributed by atoms with Gasteiger partial charge in [0.05, 0.1) is 18.9 Å². The molecule has 0 radical (unpaired) electrons. The van der Waals surface area contributed by atoms with Crippen molar-refractivity contribution in [1.29, 1.82) is 0 Å². The van der Waals surface area contributed by atoms with E-state index < -0.39 is 23.7 Å². The number of methoxy groups -OCH3 is 2. The third-order valence-corrected chi connectivity index (χ3v) is 5.66. The van der Waals surface area contributed by atoms with Gasteiger partial charge in [-0.05, 0) is 13.0 Å². The van der Waals surface area contributed by atoms with Crippen LogP contribution in [0.5, 0.6) is 5.75 Å². The van der Waals surface area contributed by atoms with Crippen LogP contribution in [0.3, 0.4) is 0 Å². The summed E-state index contributed by atoms with van der Waals surface area (Å²) in [5.41, 5.74) is 0.375. The zero-order valence-electron chi connectivity index (χ0n) is 16.9. The van der Waals surface area contributed by atoms with Crippen LogP contribution in [0.1, 0.15) is 16.2 Å². The summed E-state index contributed by atoms with van der Waals surface area (Å²) < 4.78 is 17.1. The van der Waals surface area contributed by atoms with Gasteiger partial charge in [0.2, 0.25) is 16.0 Å². The van der Waals surface area contributed by atoms with Gasteiger partial charge in [0.25, 0.3) is 5.91 Å². The second-order valence-electron chi connectivity index (χ2n) is 6.79. The van der Waals surface area contributed by atoms with E-state index in [9.17, 15) is 14.7 Å². The number of nitrogens with zero attached hydrogens (tertiary/aromatic N) is 5. The van der Waals surface area contributed by atoms with Gasteiger partial charge in [-0.1, -0.05) is 11.3 Å². The quantitative estimate of drug-likeness (QED) is 0.545. The van der Waals surface area contributed by atoms with Crippen LogP contribution in [-0.4, -0.2) is 70.5 Å². The Kier molecular flexibility index (Phi) is 5.71. The van der Waals surface area contributed by atoms with Crippen LogP contribution in [0.25, 0.3) is 5.13 Å². The standard InChI is InChI=1S/C18H20N6O6S/c1-9-4-5-19-24(9)18-22-21-17(31-18)20-15(26)12-6-10(14(29-3)16(27)30-12)23-7-11(25)13(8-23)28-2/h4-6,11,13,25H,7-8H2,1-3H3,(H,20,21,26)/t11-,13+/m0/s1. The van der Waals surface area contributed by atoms with E-state index in [4.69, 9.17) is 13.9 Å². The number of aliphatic hydroxyl groups excluding tert-OH is 1. The molecule has 12 nitrogen and oxygen atoms in total. The number of β-amino-alcohol motifs (C(OH)–C–C–N with tert-alkyl or cyclic N) is 1. The SMILES string of the molecule is COc1c(N2C[C@H](O)[C@H](OC)C2)cc(C(=O)Nc2nnc(-n3nccc3C)s2)oc1=O. The maximum Gasteiger partial charge on any atom is 0.381 e. The monoisotopic (exact) mass is 448 g/mol. The van der Waals surface area contributed by atoms with Crippen LogP contribution in [0.2, 0.25) is 0 Å². The van der Waals surface area contributed by atoms with E-state index in [0.717, 1.165) is 17.0 Å². The van der Waals surface area contributed by atoms with E-state index in [2.05, 4.69) is 20.6 Å². The number of aromatic nitrogens is 4. The fourth-order valence-corrected chi connectivity index (χ4v) is 4.03. The topological polar surface area (TPSA) is 145 Å². The van der Waals surface area contributed by atoms with Gasteiger partial charge in [0.1, 0.15) is 6.10 Å². The zero-order valence-corrected chi connectivity index (χ0v) is 17.8. The van der Waals surface area contributed by atoms with Gasteiger partial charge in [-0.2, -0.15) is 5.10 Å². The lowest BCUT2D eigenvalue weighted by atomic mass is 10.3. The molecule has 0 aromatic carbocycles. The van der Waals surface area contributed by atoms with Gasteiger partial charge in [0.15, 0.2) is 5.76 Å². The lowest BCUT2D eigenvalue weighted by Crippen LogP contribution is -2.26. The van der Waals surface area contributed by atoms with Gasteiger partial charge in [-0.25, -0.2) is 9.48 Å². The summed E-state index contributed by atoms with van der Waals surface area (Å²) in [6.07, 6.45) is 0.455. The first-order valence-corrected chi connectivity index (χ1v) is 10.1. The lowest BCUT2D eigenvalue weighted by molar-refractivity contribution is 0.0217. The van der Waals surface area contributed by atoms with Gasteiger partial charge >= 0.3 is 5.63 Å².